The number of nitrogens with zero attached hydrogens (tertiary/aromatic N) is 2. The summed E-state index contributed by atoms with van der Waals surface area (Å²) in [5.74, 6) is 0.379. The summed E-state index contributed by atoms with van der Waals surface area (Å²) < 4.78 is 6.91. The highest BCUT2D eigenvalue weighted by Crippen LogP contribution is 2.20. The molecule has 0 unspecified atom stereocenters. The Morgan fingerprint density at radius 3 is 2.74 bits per heavy atom. The van der Waals surface area contributed by atoms with Gasteiger partial charge in [0.1, 0.15) is 5.76 Å². The van der Waals surface area contributed by atoms with Crippen molar-refractivity contribution in [2.45, 2.75) is 19.2 Å². The summed E-state index contributed by atoms with van der Waals surface area (Å²) in [6.45, 7) is 0.0858. The van der Waals surface area contributed by atoms with Crippen molar-refractivity contribution in [3.05, 3.63) is 89.1 Å². The standard InChI is InChI=1S/C20H17ClN2O3S/c21-17-8-2-1-7-16(17)19(25)18(23-9-3-5-14(12-23)13-24)20(27)22-11-15-6-4-10-26-15/h1-10,12,18,24H,11,13H2/t18-/m1/s1. The molecule has 138 valence electrons. The van der Waals surface area contributed by atoms with Crippen LogP contribution >= 0.6 is 11.6 Å². The fourth-order valence-electron chi connectivity index (χ4n) is 2.63. The summed E-state index contributed by atoms with van der Waals surface area (Å²) in [6.07, 6.45) is 4.95. The van der Waals surface area contributed by atoms with Crippen LogP contribution in [-0.2, 0) is 25.8 Å². The minimum atomic E-state index is -0.860. The Hall–Kier alpha value is -2.54. The van der Waals surface area contributed by atoms with Crippen molar-refractivity contribution < 1.29 is 18.9 Å². The number of aromatic nitrogens is 1. The normalized spacial score (nSPS) is 12.7. The van der Waals surface area contributed by atoms with Crippen LogP contribution in [0.2, 0.25) is 5.02 Å². The highest BCUT2D eigenvalue weighted by atomic mass is 35.5. The number of halogens is 1. The van der Waals surface area contributed by atoms with E-state index in [1.165, 1.54) is 0 Å². The Labute approximate surface area is 167 Å². The molecule has 7 heteroatoms. The maximum atomic E-state index is 13.2. The predicted molar refractivity (Wildman–Crippen MR) is 105 cm³/mol. The number of carbonyl (C=O) groups is 1. The zero-order valence-corrected chi connectivity index (χ0v) is 15.9. The number of aliphatic hydroxyl groups excluding tert-OH is 1. The topological polar surface area (TPSA) is 66.7 Å². The van der Waals surface area contributed by atoms with E-state index in [9.17, 15) is 9.90 Å². The maximum absolute atomic E-state index is 13.2. The molecule has 0 saturated heterocycles. The van der Waals surface area contributed by atoms with E-state index >= 15 is 0 Å². The van der Waals surface area contributed by atoms with Gasteiger partial charge in [-0.05, 0) is 35.4 Å². The van der Waals surface area contributed by atoms with Crippen molar-refractivity contribution in [1.29, 1.82) is 0 Å². The third kappa shape index (κ3) is 4.60. The summed E-state index contributed by atoms with van der Waals surface area (Å²) >= 11 is 11.7. The minimum Gasteiger partial charge on any atom is -0.758 e. The molecule has 5 nitrogen and oxygen atoms in total. The molecule has 0 spiro atoms. The zero-order chi connectivity index (χ0) is 19.2. The molecule has 0 aliphatic heterocycles. The summed E-state index contributed by atoms with van der Waals surface area (Å²) in [4.78, 5) is 17.6. The van der Waals surface area contributed by atoms with Gasteiger partial charge in [0.2, 0.25) is 11.8 Å². The number of aliphatic imine (C=N–C) groups is 1. The Kier molecular flexibility index (Phi) is 6.34. The summed E-state index contributed by atoms with van der Waals surface area (Å²) in [7, 11) is 0. The number of hydrogen-bond donors (Lipinski definition) is 1. The average molecular weight is 401 g/mol. The van der Waals surface area contributed by atoms with E-state index in [4.69, 9.17) is 28.6 Å². The smallest absolute Gasteiger partial charge is 0.237 e. The lowest BCUT2D eigenvalue weighted by molar-refractivity contribution is -0.692. The van der Waals surface area contributed by atoms with Crippen LogP contribution in [0.4, 0.5) is 0 Å². The molecule has 2 heterocycles. The van der Waals surface area contributed by atoms with Crippen molar-refractivity contribution in [3.63, 3.8) is 0 Å². The molecule has 0 saturated carbocycles. The van der Waals surface area contributed by atoms with Crippen molar-refractivity contribution in [1.82, 2.24) is 0 Å². The Bertz CT molecular complexity index is 957. The fraction of sp³-hybridized carbons (Fsp3) is 0.150. The van der Waals surface area contributed by atoms with Crippen molar-refractivity contribution in [2.75, 3.05) is 0 Å². The molecule has 0 fully saturated rings. The zero-order valence-electron chi connectivity index (χ0n) is 14.3. The average Bonchev–Trinajstić information content (AvgIpc) is 3.20. The van der Waals surface area contributed by atoms with E-state index < -0.39 is 6.04 Å². The van der Waals surface area contributed by atoms with E-state index in [0.29, 0.717) is 21.9 Å². The van der Waals surface area contributed by atoms with Gasteiger partial charge in [-0.15, -0.1) is 0 Å². The second-order valence-corrected chi connectivity index (χ2v) is 6.62. The van der Waals surface area contributed by atoms with Crippen LogP contribution in [0.3, 0.4) is 0 Å². The Morgan fingerprint density at radius 1 is 1.22 bits per heavy atom. The van der Waals surface area contributed by atoms with Gasteiger partial charge in [-0.3, -0.25) is 4.79 Å². The molecule has 0 aliphatic rings. The van der Waals surface area contributed by atoms with E-state index in [1.807, 2.05) is 0 Å². The molecule has 1 atom stereocenters. The first-order valence-electron chi connectivity index (χ1n) is 8.23. The molecule has 0 aliphatic carbocycles. The van der Waals surface area contributed by atoms with Crippen molar-refractivity contribution in [3.8, 4) is 0 Å². The number of hydrogen-bond acceptors (Lipinski definition) is 5. The SMILES string of the molecule is O=C(c1ccccc1Cl)[C@H](C([S-])=NCc1ccco1)[n+]1cccc(CO)c1. The molecule has 0 bridgehead atoms. The molecule has 1 aromatic carbocycles. The van der Waals surface area contributed by atoms with Crippen LogP contribution in [0, 0.1) is 0 Å². The third-order valence-electron chi connectivity index (χ3n) is 3.96. The van der Waals surface area contributed by atoms with Gasteiger partial charge in [0, 0.05) is 17.2 Å². The maximum Gasteiger partial charge on any atom is 0.237 e. The van der Waals surface area contributed by atoms with E-state index in [1.54, 1.807) is 71.8 Å². The third-order valence-corrected chi connectivity index (χ3v) is 4.64. The van der Waals surface area contributed by atoms with Gasteiger partial charge in [0.15, 0.2) is 12.4 Å². The number of aliphatic hydroxyl groups is 1. The van der Waals surface area contributed by atoms with Gasteiger partial charge >= 0.3 is 0 Å². The highest BCUT2D eigenvalue weighted by Gasteiger charge is 2.30. The lowest BCUT2D eigenvalue weighted by Gasteiger charge is -2.19. The number of carbonyl (C=O) groups excluding carboxylic acids is 1. The van der Waals surface area contributed by atoms with Gasteiger partial charge in [-0.25, -0.2) is 0 Å². The summed E-state index contributed by atoms with van der Waals surface area (Å²) in [6, 6.07) is 13.0. The monoisotopic (exact) mass is 400 g/mol. The minimum absolute atomic E-state index is 0.149. The van der Waals surface area contributed by atoms with Gasteiger partial charge in [0.05, 0.1) is 24.4 Å². The van der Waals surface area contributed by atoms with Crippen LogP contribution in [-0.4, -0.2) is 15.9 Å². The largest absolute Gasteiger partial charge is 0.758 e. The predicted octanol–water partition coefficient (Wildman–Crippen LogP) is 3.28. The second kappa shape index (κ2) is 8.90. The first-order chi connectivity index (χ1) is 13.1. The van der Waals surface area contributed by atoms with Crippen LogP contribution in [0.25, 0.3) is 0 Å². The van der Waals surface area contributed by atoms with Crippen LogP contribution in [0.1, 0.15) is 27.7 Å². The first kappa shape index (κ1) is 19.2. The van der Waals surface area contributed by atoms with Gasteiger partial charge in [-0.1, -0.05) is 23.7 Å². The first-order valence-corrected chi connectivity index (χ1v) is 9.02. The molecule has 0 amide bonds. The van der Waals surface area contributed by atoms with E-state index in [0.717, 1.165) is 0 Å². The number of pyridine rings is 1. The lowest BCUT2D eigenvalue weighted by Crippen LogP contribution is -2.48. The number of ketones is 1. The van der Waals surface area contributed by atoms with Gasteiger partial charge in [0.25, 0.3) is 0 Å². The molecule has 0 radical (unpaired) electrons. The number of rotatable bonds is 7. The Morgan fingerprint density at radius 2 is 2.04 bits per heavy atom. The molecular formula is C20H17ClN2O3S. The van der Waals surface area contributed by atoms with Gasteiger partial charge in [-0.2, -0.15) is 4.57 Å². The van der Waals surface area contributed by atoms with Crippen LogP contribution < -0.4 is 4.57 Å². The van der Waals surface area contributed by atoms with Crippen molar-refractivity contribution >= 4 is 35.1 Å². The van der Waals surface area contributed by atoms with Crippen molar-refractivity contribution in [2.24, 2.45) is 4.99 Å². The lowest BCUT2D eigenvalue weighted by atomic mass is 10.0. The summed E-state index contributed by atoms with van der Waals surface area (Å²) in [5.41, 5.74) is 1.02. The Balaban J connectivity index is 2.01. The quantitative estimate of drug-likeness (QED) is 0.217. The van der Waals surface area contributed by atoms with Gasteiger partial charge < -0.3 is 27.1 Å². The van der Waals surface area contributed by atoms with E-state index in [-0.39, 0.29) is 24.0 Å². The molecule has 2 aromatic heterocycles. The number of Topliss-reactive ketones (excluding diaryl/α,β-unsaturated/α-hetero) is 1. The van der Waals surface area contributed by atoms with E-state index in [2.05, 4.69) is 4.99 Å². The molecule has 3 aromatic rings. The fourth-order valence-corrected chi connectivity index (χ4v) is 3.15. The molecule has 1 N–H and O–H groups in total. The summed E-state index contributed by atoms with van der Waals surface area (Å²) in [5, 5.41) is 9.97. The number of furan rings is 1. The highest BCUT2D eigenvalue weighted by molar-refractivity contribution is 7.77. The van der Waals surface area contributed by atoms with Crippen LogP contribution in [0.15, 0.2) is 76.6 Å². The molecule has 3 rings (SSSR count). The second-order valence-electron chi connectivity index (χ2n) is 5.80. The van der Waals surface area contributed by atoms with Crippen LogP contribution in [0.5, 0.6) is 0 Å². The molecular weight excluding hydrogens is 384 g/mol. The number of benzene rings is 1. The molecule has 27 heavy (non-hydrogen) atoms.